The third-order valence-corrected chi connectivity index (χ3v) is 4.20. The third kappa shape index (κ3) is 4.32. The van der Waals surface area contributed by atoms with Crippen molar-refractivity contribution in [2.75, 3.05) is 0 Å². The van der Waals surface area contributed by atoms with Crippen LogP contribution in [0.4, 0.5) is 0 Å². The SMILES string of the molecule is NC(=[NH+]Cc1ccccc1)[C@@H](Cc1ccccc1)c1ccccc1. The van der Waals surface area contributed by atoms with Crippen LogP contribution in [0.2, 0.25) is 0 Å². The van der Waals surface area contributed by atoms with Crippen LogP contribution in [0.5, 0.6) is 0 Å². The van der Waals surface area contributed by atoms with Crippen molar-refractivity contribution in [1.29, 1.82) is 0 Å². The molecular formula is C22H23N2+. The van der Waals surface area contributed by atoms with Gasteiger partial charge in [0, 0.05) is 0 Å². The molecule has 0 heterocycles. The smallest absolute Gasteiger partial charge is 0.248 e. The minimum absolute atomic E-state index is 0.150. The second-order valence-electron chi connectivity index (χ2n) is 5.95. The van der Waals surface area contributed by atoms with Gasteiger partial charge in [0.25, 0.3) is 0 Å². The highest BCUT2D eigenvalue weighted by molar-refractivity contribution is 5.82. The fourth-order valence-electron chi connectivity index (χ4n) is 2.87. The van der Waals surface area contributed by atoms with Gasteiger partial charge in [0.2, 0.25) is 5.84 Å². The van der Waals surface area contributed by atoms with Crippen LogP contribution >= 0.6 is 0 Å². The summed E-state index contributed by atoms with van der Waals surface area (Å²) in [7, 11) is 0. The van der Waals surface area contributed by atoms with Crippen molar-refractivity contribution in [3.63, 3.8) is 0 Å². The fourth-order valence-corrected chi connectivity index (χ4v) is 2.87. The molecule has 120 valence electrons. The molecule has 3 rings (SSSR count). The molecule has 2 heteroatoms. The molecule has 24 heavy (non-hydrogen) atoms. The van der Waals surface area contributed by atoms with Gasteiger partial charge in [0.1, 0.15) is 6.54 Å². The molecule has 0 bridgehead atoms. The summed E-state index contributed by atoms with van der Waals surface area (Å²) in [5.74, 6) is 0.964. The van der Waals surface area contributed by atoms with Gasteiger partial charge in [0.05, 0.1) is 5.92 Å². The van der Waals surface area contributed by atoms with Crippen molar-refractivity contribution < 1.29 is 4.99 Å². The Hall–Kier alpha value is -2.87. The van der Waals surface area contributed by atoms with E-state index in [0.717, 1.165) is 18.8 Å². The Labute approximate surface area is 143 Å². The number of nitrogens with one attached hydrogen (secondary N) is 1. The number of benzene rings is 3. The Balaban J connectivity index is 1.83. The highest BCUT2D eigenvalue weighted by Crippen LogP contribution is 2.19. The molecule has 2 nitrogen and oxygen atoms in total. The average molecular weight is 315 g/mol. The van der Waals surface area contributed by atoms with Crippen LogP contribution in [-0.4, -0.2) is 5.84 Å². The fraction of sp³-hybridized carbons (Fsp3) is 0.136. The monoisotopic (exact) mass is 315 g/mol. The lowest BCUT2D eigenvalue weighted by atomic mass is 9.91. The largest absolute Gasteiger partial charge is 0.291 e. The maximum atomic E-state index is 6.45. The Morgan fingerprint density at radius 2 is 1.21 bits per heavy atom. The van der Waals surface area contributed by atoms with Crippen molar-refractivity contribution in [3.05, 3.63) is 108 Å². The summed E-state index contributed by atoms with van der Waals surface area (Å²) in [6, 6.07) is 31.3. The van der Waals surface area contributed by atoms with E-state index in [9.17, 15) is 0 Å². The maximum Gasteiger partial charge on any atom is 0.248 e. The highest BCUT2D eigenvalue weighted by Gasteiger charge is 2.20. The van der Waals surface area contributed by atoms with E-state index in [1.165, 1.54) is 16.7 Å². The number of amidine groups is 1. The molecule has 0 aliphatic heterocycles. The average Bonchev–Trinajstić information content (AvgIpc) is 2.66. The van der Waals surface area contributed by atoms with E-state index in [-0.39, 0.29) is 5.92 Å². The molecule has 0 saturated carbocycles. The van der Waals surface area contributed by atoms with Crippen LogP contribution in [-0.2, 0) is 13.0 Å². The van der Waals surface area contributed by atoms with E-state index >= 15 is 0 Å². The quantitative estimate of drug-likeness (QED) is 0.533. The van der Waals surface area contributed by atoms with Gasteiger partial charge in [-0.3, -0.25) is 10.7 Å². The summed E-state index contributed by atoms with van der Waals surface area (Å²) >= 11 is 0. The second-order valence-corrected chi connectivity index (χ2v) is 5.95. The van der Waals surface area contributed by atoms with Gasteiger partial charge in [0.15, 0.2) is 0 Å². The van der Waals surface area contributed by atoms with E-state index in [2.05, 4.69) is 65.7 Å². The summed E-state index contributed by atoms with van der Waals surface area (Å²) in [5.41, 5.74) is 10.2. The van der Waals surface area contributed by atoms with Gasteiger partial charge in [-0.15, -0.1) is 0 Å². The normalized spacial score (nSPS) is 12.8. The molecule has 0 radical (unpaired) electrons. The first-order valence-electron chi connectivity index (χ1n) is 8.32. The topological polar surface area (TPSA) is 40.0 Å². The van der Waals surface area contributed by atoms with Gasteiger partial charge in [-0.05, 0) is 23.1 Å². The van der Waals surface area contributed by atoms with Crippen molar-refractivity contribution in [1.82, 2.24) is 0 Å². The molecule has 0 aliphatic carbocycles. The summed E-state index contributed by atoms with van der Waals surface area (Å²) in [4.78, 5) is 3.41. The first kappa shape index (κ1) is 16.0. The molecule has 0 unspecified atom stereocenters. The van der Waals surface area contributed by atoms with Crippen molar-refractivity contribution in [3.8, 4) is 0 Å². The van der Waals surface area contributed by atoms with Gasteiger partial charge in [-0.2, -0.15) is 0 Å². The predicted molar refractivity (Wildman–Crippen MR) is 99.6 cm³/mol. The minimum Gasteiger partial charge on any atom is -0.291 e. The lowest BCUT2D eigenvalue weighted by Crippen LogP contribution is -2.75. The number of nitrogens with two attached hydrogens (primary N) is 1. The van der Waals surface area contributed by atoms with Gasteiger partial charge in [-0.1, -0.05) is 91.0 Å². The first-order chi connectivity index (χ1) is 11.8. The molecule has 0 saturated heterocycles. The first-order valence-corrected chi connectivity index (χ1v) is 8.32. The summed E-state index contributed by atoms with van der Waals surface area (Å²) in [6.45, 7) is 0.741. The molecule has 0 aromatic heterocycles. The van der Waals surface area contributed by atoms with Crippen LogP contribution in [0.1, 0.15) is 22.6 Å². The van der Waals surface area contributed by atoms with Crippen LogP contribution < -0.4 is 10.7 Å². The lowest BCUT2D eigenvalue weighted by molar-refractivity contribution is -0.478. The molecule has 0 spiro atoms. The molecule has 0 aliphatic rings. The molecule has 0 amide bonds. The van der Waals surface area contributed by atoms with E-state index in [1.807, 2.05) is 30.3 Å². The zero-order valence-corrected chi connectivity index (χ0v) is 13.7. The third-order valence-electron chi connectivity index (χ3n) is 4.20. The van der Waals surface area contributed by atoms with Crippen LogP contribution in [0.3, 0.4) is 0 Å². The van der Waals surface area contributed by atoms with Gasteiger partial charge in [-0.25, -0.2) is 0 Å². The zero-order chi connectivity index (χ0) is 16.6. The van der Waals surface area contributed by atoms with Crippen molar-refractivity contribution >= 4 is 5.84 Å². The molecule has 0 fully saturated rings. The Bertz CT molecular complexity index is 765. The van der Waals surface area contributed by atoms with E-state index in [1.54, 1.807) is 0 Å². The Morgan fingerprint density at radius 1 is 0.708 bits per heavy atom. The Morgan fingerprint density at radius 3 is 1.79 bits per heavy atom. The zero-order valence-electron chi connectivity index (χ0n) is 13.7. The molecule has 3 N–H and O–H groups in total. The summed E-state index contributed by atoms with van der Waals surface area (Å²) in [5, 5.41) is 0. The van der Waals surface area contributed by atoms with Crippen molar-refractivity contribution in [2.24, 2.45) is 5.73 Å². The molecule has 1 atom stereocenters. The van der Waals surface area contributed by atoms with Gasteiger partial charge < -0.3 is 0 Å². The Kier molecular flexibility index (Phi) is 5.41. The molecular weight excluding hydrogens is 292 g/mol. The second kappa shape index (κ2) is 8.11. The van der Waals surface area contributed by atoms with E-state index in [4.69, 9.17) is 5.73 Å². The minimum atomic E-state index is 0.150. The lowest BCUT2D eigenvalue weighted by Gasteiger charge is -2.14. The van der Waals surface area contributed by atoms with Crippen molar-refractivity contribution in [2.45, 2.75) is 18.9 Å². The maximum absolute atomic E-state index is 6.45. The van der Waals surface area contributed by atoms with Gasteiger partial charge >= 0.3 is 0 Å². The number of rotatable bonds is 6. The van der Waals surface area contributed by atoms with Crippen LogP contribution in [0.25, 0.3) is 0 Å². The number of hydrogen-bond acceptors (Lipinski definition) is 0. The summed E-state index contributed by atoms with van der Waals surface area (Å²) < 4.78 is 0. The standard InChI is InChI=1S/C22H22N2/c23-22(24-17-19-12-6-2-7-13-19)21(20-14-8-3-9-15-20)16-18-10-4-1-5-11-18/h1-15,21H,16-17H2,(H2,23,24)/p+1/t21-/m0/s1. The van der Waals surface area contributed by atoms with E-state index in [0.29, 0.717) is 0 Å². The molecule has 3 aromatic carbocycles. The van der Waals surface area contributed by atoms with Crippen LogP contribution in [0, 0.1) is 0 Å². The highest BCUT2D eigenvalue weighted by atomic mass is 14.9. The van der Waals surface area contributed by atoms with Crippen LogP contribution in [0.15, 0.2) is 91.0 Å². The molecule has 3 aromatic rings. The predicted octanol–water partition coefficient (Wildman–Crippen LogP) is 2.65. The van der Waals surface area contributed by atoms with E-state index < -0.39 is 0 Å². The summed E-state index contributed by atoms with van der Waals surface area (Å²) in [6.07, 6.45) is 0.887. The number of hydrogen-bond donors (Lipinski definition) is 2.